The van der Waals surface area contributed by atoms with Crippen molar-refractivity contribution in [3.8, 4) is 0 Å². The molecule has 1 unspecified atom stereocenters. The Morgan fingerprint density at radius 3 is 2.56 bits per heavy atom. The van der Waals surface area contributed by atoms with Gasteiger partial charge in [-0.15, -0.1) is 0 Å². The summed E-state index contributed by atoms with van der Waals surface area (Å²) >= 11 is 0. The van der Waals surface area contributed by atoms with Crippen molar-refractivity contribution in [2.75, 3.05) is 32.8 Å². The van der Waals surface area contributed by atoms with Gasteiger partial charge in [0.15, 0.2) is 0 Å². The first-order valence-electron chi connectivity index (χ1n) is 6.98. The molecule has 0 radical (unpaired) electrons. The van der Waals surface area contributed by atoms with Gasteiger partial charge in [-0.1, -0.05) is 0 Å². The van der Waals surface area contributed by atoms with E-state index in [1.807, 2.05) is 4.90 Å². The fourth-order valence-corrected chi connectivity index (χ4v) is 2.92. The Bertz CT molecular complexity index is 288. The van der Waals surface area contributed by atoms with Gasteiger partial charge in [-0.2, -0.15) is 0 Å². The zero-order valence-corrected chi connectivity index (χ0v) is 11.5. The molecule has 2 heterocycles. The molecule has 1 amide bonds. The molecule has 2 saturated heterocycles. The second-order valence-electron chi connectivity index (χ2n) is 5.52. The third-order valence-corrected chi connectivity index (χ3v) is 3.95. The van der Waals surface area contributed by atoms with Crippen LogP contribution in [0.2, 0.25) is 0 Å². The third kappa shape index (κ3) is 3.22. The number of nitrogens with two attached hydrogens (primary N) is 1. The molecule has 5 nitrogen and oxygen atoms in total. The van der Waals surface area contributed by atoms with E-state index < -0.39 is 0 Å². The van der Waals surface area contributed by atoms with Crippen molar-refractivity contribution >= 4 is 5.91 Å². The Morgan fingerprint density at radius 2 is 2.00 bits per heavy atom. The third-order valence-electron chi connectivity index (χ3n) is 3.95. The minimum atomic E-state index is -0.370. The molecule has 0 aromatic rings. The number of hydrogen-bond acceptors (Lipinski definition) is 4. The summed E-state index contributed by atoms with van der Waals surface area (Å²) in [6.07, 6.45) is 2.46. The monoisotopic (exact) mass is 255 g/mol. The average Bonchev–Trinajstić information content (AvgIpc) is 2.38. The van der Waals surface area contributed by atoms with Crippen LogP contribution in [0.25, 0.3) is 0 Å². The quantitative estimate of drug-likeness (QED) is 0.757. The van der Waals surface area contributed by atoms with Crippen molar-refractivity contribution in [3.63, 3.8) is 0 Å². The number of hydrogen-bond donors (Lipinski definition) is 1. The van der Waals surface area contributed by atoms with E-state index >= 15 is 0 Å². The highest BCUT2D eigenvalue weighted by Gasteiger charge is 2.29. The van der Waals surface area contributed by atoms with Crippen LogP contribution in [0, 0.1) is 0 Å². The second-order valence-corrected chi connectivity index (χ2v) is 5.52. The highest BCUT2D eigenvalue weighted by atomic mass is 16.5. The highest BCUT2D eigenvalue weighted by molar-refractivity contribution is 5.81. The van der Waals surface area contributed by atoms with E-state index in [-0.39, 0.29) is 11.9 Å². The van der Waals surface area contributed by atoms with Crippen LogP contribution in [0.1, 0.15) is 26.7 Å². The van der Waals surface area contributed by atoms with Crippen LogP contribution >= 0.6 is 0 Å². The van der Waals surface area contributed by atoms with Crippen LogP contribution in [0.15, 0.2) is 0 Å². The maximum absolute atomic E-state index is 11.8. The van der Waals surface area contributed by atoms with Gasteiger partial charge in [0.2, 0.25) is 5.91 Å². The van der Waals surface area contributed by atoms with Gasteiger partial charge < -0.3 is 15.4 Å². The molecule has 0 aromatic carbocycles. The van der Waals surface area contributed by atoms with Crippen molar-refractivity contribution in [2.24, 2.45) is 5.73 Å². The smallest absolute Gasteiger partial charge is 0.239 e. The van der Waals surface area contributed by atoms with Gasteiger partial charge in [0.25, 0.3) is 0 Å². The Hall–Kier alpha value is -0.650. The first-order chi connectivity index (χ1) is 8.58. The Balaban J connectivity index is 1.81. The number of rotatable bonds is 2. The predicted octanol–water partition coefficient (Wildman–Crippen LogP) is 0.0453. The predicted molar refractivity (Wildman–Crippen MR) is 70.2 cm³/mol. The van der Waals surface area contributed by atoms with Crippen LogP contribution in [0.5, 0.6) is 0 Å². The van der Waals surface area contributed by atoms with Gasteiger partial charge in [0, 0.05) is 32.2 Å². The van der Waals surface area contributed by atoms with Crippen LogP contribution in [-0.2, 0) is 9.53 Å². The Labute approximate surface area is 109 Å². The fourth-order valence-electron chi connectivity index (χ4n) is 2.92. The van der Waals surface area contributed by atoms with Crippen LogP contribution in [0.4, 0.5) is 0 Å². The number of carbonyl (C=O) groups is 1. The van der Waals surface area contributed by atoms with Crippen molar-refractivity contribution in [3.05, 3.63) is 0 Å². The molecular weight excluding hydrogens is 230 g/mol. The summed E-state index contributed by atoms with van der Waals surface area (Å²) in [6, 6.07) is 0.235. The van der Waals surface area contributed by atoms with Gasteiger partial charge >= 0.3 is 0 Å². The van der Waals surface area contributed by atoms with Crippen molar-refractivity contribution in [1.29, 1.82) is 0 Å². The summed E-state index contributed by atoms with van der Waals surface area (Å²) in [7, 11) is 0. The number of ether oxygens (including phenoxy) is 1. The van der Waals surface area contributed by atoms with E-state index in [1.165, 1.54) is 0 Å². The van der Waals surface area contributed by atoms with E-state index in [9.17, 15) is 4.79 Å². The Morgan fingerprint density at radius 1 is 1.33 bits per heavy atom. The maximum atomic E-state index is 11.8. The van der Waals surface area contributed by atoms with E-state index in [0.717, 1.165) is 45.6 Å². The normalized spacial score (nSPS) is 29.3. The summed E-state index contributed by atoms with van der Waals surface area (Å²) in [5.41, 5.74) is 5.64. The molecule has 2 aliphatic rings. The molecule has 2 atom stereocenters. The largest absolute Gasteiger partial charge is 0.376 e. The lowest BCUT2D eigenvalue weighted by Gasteiger charge is -2.41. The van der Waals surface area contributed by atoms with Gasteiger partial charge in [0.05, 0.1) is 18.8 Å². The highest BCUT2D eigenvalue weighted by Crippen LogP contribution is 2.19. The molecule has 18 heavy (non-hydrogen) atoms. The molecule has 5 heteroatoms. The van der Waals surface area contributed by atoms with E-state index in [1.54, 1.807) is 6.92 Å². The molecule has 0 aromatic heterocycles. The topological polar surface area (TPSA) is 58.8 Å². The van der Waals surface area contributed by atoms with E-state index in [0.29, 0.717) is 12.1 Å². The molecule has 0 saturated carbocycles. The number of carbonyl (C=O) groups excluding carboxylic acids is 1. The van der Waals surface area contributed by atoms with Crippen LogP contribution < -0.4 is 5.73 Å². The first-order valence-corrected chi connectivity index (χ1v) is 6.98. The number of nitrogens with zero attached hydrogens (tertiary/aromatic N) is 2. The fraction of sp³-hybridized carbons (Fsp3) is 0.923. The van der Waals surface area contributed by atoms with Crippen molar-refractivity contribution in [1.82, 2.24) is 9.80 Å². The van der Waals surface area contributed by atoms with E-state index in [2.05, 4.69) is 11.8 Å². The van der Waals surface area contributed by atoms with Gasteiger partial charge in [0.1, 0.15) is 0 Å². The lowest BCUT2D eigenvalue weighted by atomic mass is 10.0. The molecule has 0 spiro atoms. The number of amides is 1. The van der Waals surface area contributed by atoms with Crippen LogP contribution in [-0.4, -0.2) is 66.7 Å². The molecule has 2 rings (SSSR count). The molecule has 104 valence electrons. The number of piperidine rings is 1. The zero-order chi connectivity index (χ0) is 13.1. The molecule has 2 aliphatic heterocycles. The number of morpholine rings is 1. The molecular formula is C13H25N3O2. The standard InChI is InChI=1S/C13H25N3O2/c1-10-9-16(7-8-18-10)12-3-5-15(6-4-12)13(17)11(2)14/h10-12H,3-9,14H2,1-2H3/t10?,11-/m1/s1. The summed E-state index contributed by atoms with van der Waals surface area (Å²) < 4.78 is 5.57. The van der Waals surface area contributed by atoms with Crippen molar-refractivity contribution in [2.45, 2.75) is 44.9 Å². The lowest BCUT2D eigenvalue weighted by molar-refractivity contribution is -0.134. The first kappa shape index (κ1) is 13.8. The van der Waals surface area contributed by atoms with Crippen molar-refractivity contribution < 1.29 is 9.53 Å². The summed E-state index contributed by atoms with van der Waals surface area (Å²) in [6.45, 7) is 8.45. The van der Waals surface area contributed by atoms with Crippen LogP contribution in [0.3, 0.4) is 0 Å². The SMILES string of the molecule is CC1CN(C2CCN(C(=O)[C@@H](C)N)CC2)CCO1. The zero-order valence-electron chi connectivity index (χ0n) is 11.5. The minimum absolute atomic E-state index is 0.0868. The van der Waals surface area contributed by atoms with Gasteiger partial charge in [-0.25, -0.2) is 0 Å². The van der Waals surface area contributed by atoms with Gasteiger partial charge in [-0.05, 0) is 26.7 Å². The average molecular weight is 255 g/mol. The molecule has 2 N–H and O–H groups in total. The second kappa shape index (κ2) is 5.99. The molecule has 2 fully saturated rings. The lowest BCUT2D eigenvalue weighted by Crippen LogP contribution is -2.53. The van der Waals surface area contributed by atoms with E-state index in [4.69, 9.17) is 10.5 Å². The molecule has 0 bridgehead atoms. The van der Waals surface area contributed by atoms with Gasteiger partial charge in [-0.3, -0.25) is 9.69 Å². The summed E-state index contributed by atoms with van der Waals surface area (Å²) in [5.74, 6) is 0.0868. The molecule has 0 aliphatic carbocycles. The Kier molecular flexibility index (Phi) is 4.59. The minimum Gasteiger partial charge on any atom is -0.376 e. The summed E-state index contributed by atoms with van der Waals surface area (Å²) in [5, 5.41) is 0. The summed E-state index contributed by atoms with van der Waals surface area (Å²) in [4.78, 5) is 16.2. The number of likely N-dealkylation sites (tertiary alicyclic amines) is 1. The maximum Gasteiger partial charge on any atom is 0.239 e.